The minimum absolute atomic E-state index is 0. The number of rotatable bonds is 2. The third-order valence-corrected chi connectivity index (χ3v) is 10.4. The first-order valence-electron chi connectivity index (χ1n) is 15.1. The summed E-state index contributed by atoms with van der Waals surface area (Å²) >= 11 is 10.6. The molecule has 0 fully saturated rings. The number of imidazole rings is 2. The maximum atomic E-state index is 4.60. The molecule has 47 heavy (non-hydrogen) atoms. The number of nitrogens with zero attached hydrogens (tertiary/aromatic N) is 5. The molecule has 6 heterocycles. The summed E-state index contributed by atoms with van der Waals surface area (Å²) in [5.41, 5.74) is 2.69. The normalized spacial score (nSPS) is 11.9. The molecule has 1 radical (unpaired) electrons. The molecule has 0 saturated heterocycles. The van der Waals surface area contributed by atoms with Crippen LogP contribution >= 0.6 is 51.4 Å². The minimum atomic E-state index is 0. The fraction of sp³-hybridized carbons (Fsp3) is 0.297. The molecule has 0 aliphatic carbocycles. The zero-order chi connectivity index (χ0) is 32.8. The molecule has 0 aliphatic rings. The first kappa shape index (κ1) is 35.3. The Labute approximate surface area is 299 Å². The molecule has 10 heteroatoms. The van der Waals surface area contributed by atoms with Crippen LogP contribution in [0.4, 0.5) is 0 Å². The second kappa shape index (κ2) is 13.8. The van der Waals surface area contributed by atoms with E-state index in [2.05, 4.69) is 168 Å². The van der Waals surface area contributed by atoms with Crippen LogP contribution < -0.4 is 0 Å². The Hall–Kier alpha value is -3.05. The van der Waals surface area contributed by atoms with Gasteiger partial charge in [-0.1, -0.05) is 97.5 Å². The topological polar surface area (TPSA) is 47.0 Å². The first-order chi connectivity index (χ1) is 21.9. The van der Waals surface area contributed by atoms with E-state index in [4.69, 9.17) is 0 Å². The van der Waals surface area contributed by atoms with Gasteiger partial charge in [-0.3, -0.25) is 8.80 Å². The van der Waals surface area contributed by atoms with E-state index in [0.29, 0.717) is 10.8 Å². The molecular weight excluding hydrogens is 701 g/mol. The third-order valence-electron chi connectivity index (χ3n) is 7.63. The number of aromatic nitrogens is 4. The van der Waals surface area contributed by atoms with Crippen molar-refractivity contribution in [2.24, 2.45) is 15.1 Å². The molecular formula is C37H40BBrN5S3. The molecule has 241 valence electrons. The van der Waals surface area contributed by atoms with Crippen molar-refractivity contribution in [1.29, 1.82) is 0 Å². The Kier molecular flexibility index (Phi) is 10.4. The zero-order valence-electron chi connectivity index (χ0n) is 26.9. The SMILES string of the molecule is C.CC(C)(C)Cc1cc2c3ccccc3c3ncc(Br)n3c2s1.CC(C)(C)Cc1cc2c3ccccc3c3nccn3c2s1.[B]=NS. The van der Waals surface area contributed by atoms with Crippen LogP contribution in [0.1, 0.15) is 58.7 Å². The van der Waals surface area contributed by atoms with Crippen LogP contribution in [0.3, 0.4) is 0 Å². The van der Waals surface area contributed by atoms with E-state index in [1.165, 1.54) is 51.7 Å². The molecule has 2 aromatic carbocycles. The number of thiophene rings is 2. The molecule has 6 aromatic heterocycles. The Morgan fingerprint density at radius 2 is 1.21 bits per heavy atom. The Balaban J connectivity index is 0.000000167. The number of benzene rings is 2. The Morgan fingerprint density at radius 3 is 1.74 bits per heavy atom. The van der Waals surface area contributed by atoms with E-state index in [1.54, 1.807) is 0 Å². The van der Waals surface area contributed by atoms with Crippen molar-refractivity contribution in [2.45, 2.75) is 61.8 Å². The van der Waals surface area contributed by atoms with Gasteiger partial charge >= 0.3 is 24.8 Å². The van der Waals surface area contributed by atoms with Crippen molar-refractivity contribution >= 4 is 112 Å². The monoisotopic (exact) mass is 740 g/mol. The van der Waals surface area contributed by atoms with Crippen LogP contribution in [0, 0.1) is 10.8 Å². The predicted molar refractivity (Wildman–Crippen MR) is 214 cm³/mol. The van der Waals surface area contributed by atoms with Gasteiger partial charge < -0.3 is 0 Å². The van der Waals surface area contributed by atoms with Crippen molar-refractivity contribution in [3.63, 3.8) is 0 Å². The fourth-order valence-corrected chi connectivity index (χ4v) is 9.53. The second-order valence-electron chi connectivity index (χ2n) is 13.9. The van der Waals surface area contributed by atoms with E-state index in [1.807, 2.05) is 35.1 Å². The van der Waals surface area contributed by atoms with E-state index < -0.39 is 0 Å². The Bertz CT molecular complexity index is 2350. The summed E-state index contributed by atoms with van der Waals surface area (Å²) < 4.78 is 8.17. The van der Waals surface area contributed by atoms with Gasteiger partial charge in [0.1, 0.15) is 25.6 Å². The van der Waals surface area contributed by atoms with Gasteiger partial charge in [-0.25, -0.2) is 9.97 Å². The average Bonchev–Trinajstić information content (AvgIpc) is 3.78. The summed E-state index contributed by atoms with van der Waals surface area (Å²) in [7, 11) is 4.34. The number of hydrogen-bond acceptors (Lipinski definition) is 6. The van der Waals surface area contributed by atoms with Gasteiger partial charge in [-0.05, 0) is 62.5 Å². The molecule has 0 atom stereocenters. The van der Waals surface area contributed by atoms with Gasteiger partial charge in [0.25, 0.3) is 0 Å². The maximum absolute atomic E-state index is 4.60. The van der Waals surface area contributed by atoms with Gasteiger partial charge in [-0.2, -0.15) is 0 Å². The second-order valence-corrected chi connectivity index (χ2v) is 17.2. The van der Waals surface area contributed by atoms with Crippen molar-refractivity contribution in [3.05, 3.63) is 93.6 Å². The molecule has 0 spiro atoms. The predicted octanol–water partition coefficient (Wildman–Crippen LogP) is 12.2. The van der Waals surface area contributed by atoms with Gasteiger partial charge in [0.2, 0.25) is 0 Å². The summed E-state index contributed by atoms with van der Waals surface area (Å²) in [6.45, 7) is 13.8. The summed E-state index contributed by atoms with van der Waals surface area (Å²) in [5, 5.41) is 7.71. The van der Waals surface area contributed by atoms with Gasteiger partial charge in [-0.15, -0.1) is 22.7 Å². The first-order valence-corrected chi connectivity index (χ1v) is 18.0. The number of pyridine rings is 2. The fourth-order valence-electron chi connectivity index (χ4n) is 6.02. The molecule has 8 rings (SSSR count). The van der Waals surface area contributed by atoms with E-state index in [0.717, 1.165) is 28.7 Å². The number of fused-ring (bicyclic) bond motifs is 12. The molecule has 8 aromatic rings. The average molecular weight is 742 g/mol. The number of halogens is 1. The molecule has 0 aliphatic heterocycles. The van der Waals surface area contributed by atoms with Gasteiger partial charge in [0.15, 0.2) is 0 Å². The van der Waals surface area contributed by atoms with Crippen molar-refractivity contribution < 1.29 is 0 Å². The van der Waals surface area contributed by atoms with Crippen LogP contribution in [0.5, 0.6) is 0 Å². The standard InChI is InChI=1S/C18H17BrN2S.C18H18N2S.CH4.BHNS/c1-18(2,3)9-11-8-14-12-6-4-5-7-13(12)16-20-10-15(19)21(16)17(14)22-11;1-18(2,3)11-12-10-15-13-6-4-5-7-14(13)16-19-8-9-20(16)17(15)21-12;;1-2-3/h4-8,10H,9H2,1-3H3;4-10H,11H2,1-3H3;1H4;3H. The Morgan fingerprint density at radius 1 is 0.745 bits per heavy atom. The van der Waals surface area contributed by atoms with Crippen LogP contribution in [0.15, 0.2) is 88.2 Å². The molecule has 0 N–H and O–H groups in total. The van der Waals surface area contributed by atoms with Crippen LogP contribution in [0.2, 0.25) is 0 Å². The van der Waals surface area contributed by atoms with Crippen LogP contribution in [-0.4, -0.2) is 26.4 Å². The molecule has 0 amide bonds. The van der Waals surface area contributed by atoms with Crippen LogP contribution in [-0.2, 0) is 12.8 Å². The molecule has 5 nitrogen and oxygen atoms in total. The molecule has 0 saturated carbocycles. The third kappa shape index (κ3) is 7.21. The van der Waals surface area contributed by atoms with Crippen molar-refractivity contribution in [2.75, 3.05) is 0 Å². The van der Waals surface area contributed by atoms with Gasteiger partial charge in [0, 0.05) is 43.7 Å². The summed E-state index contributed by atoms with van der Waals surface area (Å²) in [5.74, 6) is 0. The number of hydrogen-bond donors (Lipinski definition) is 1. The van der Waals surface area contributed by atoms with Crippen LogP contribution in [0.25, 0.3) is 53.3 Å². The summed E-state index contributed by atoms with van der Waals surface area (Å²) in [6, 6.07) is 21.9. The van der Waals surface area contributed by atoms with Gasteiger partial charge in [0.05, 0.1) is 6.20 Å². The zero-order valence-corrected chi connectivity index (χ0v) is 31.0. The van der Waals surface area contributed by atoms with E-state index >= 15 is 0 Å². The quantitative estimate of drug-likeness (QED) is 0.142. The molecule has 0 bridgehead atoms. The summed E-state index contributed by atoms with van der Waals surface area (Å²) in [4.78, 5) is 14.6. The van der Waals surface area contributed by atoms with E-state index in [-0.39, 0.29) is 7.43 Å². The molecule has 0 unspecified atom stereocenters. The van der Waals surface area contributed by atoms with E-state index in [9.17, 15) is 0 Å². The number of thiol groups is 1. The van der Waals surface area contributed by atoms with Crippen molar-refractivity contribution in [3.8, 4) is 0 Å². The summed E-state index contributed by atoms with van der Waals surface area (Å²) in [6.07, 6.45) is 8.06. The van der Waals surface area contributed by atoms with Crippen molar-refractivity contribution in [1.82, 2.24) is 18.8 Å².